The van der Waals surface area contributed by atoms with Gasteiger partial charge in [-0.3, -0.25) is 4.72 Å². The summed E-state index contributed by atoms with van der Waals surface area (Å²) in [7, 11) is 0.475. The molecule has 3 aromatic rings. The fourth-order valence-electron chi connectivity index (χ4n) is 5.13. The molecule has 0 unspecified atom stereocenters. The van der Waals surface area contributed by atoms with Gasteiger partial charge in [0.2, 0.25) is 15.8 Å². The maximum atomic E-state index is 11.8. The lowest BCUT2D eigenvalue weighted by molar-refractivity contribution is 0.0697. The van der Waals surface area contributed by atoms with Crippen LogP contribution in [0.25, 0.3) is 11.4 Å². The van der Waals surface area contributed by atoms with Crippen molar-refractivity contribution >= 4 is 44.5 Å². The molecular weight excluding hydrogens is 530 g/mol. The first-order chi connectivity index (χ1) is 18.7. The summed E-state index contributed by atoms with van der Waals surface area (Å²) in [5.74, 6) is -0.546. The molecule has 1 aromatic heterocycles. The van der Waals surface area contributed by atoms with Crippen LogP contribution in [0.4, 0.5) is 17.1 Å². The Hall–Kier alpha value is -4.06. The van der Waals surface area contributed by atoms with Crippen LogP contribution in [0.5, 0.6) is 0 Å². The zero-order valence-corrected chi connectivity index (χ0v) is 24.3. The standard InChI is InChI=1S/C28H33N7O4S/c1-28(2,3)24-23(29-21-11-12-22(34(4)5)20-10-8-7-9-19(20)21)26-30-25(32-35(26)31-24)16-13-17(27(36)37)15-18(14-16)33-40(6,38)39/h11-15,33H,7-10H2,1-6H3,(H,36,37)/b29-23-. The number of hydrogen-bond donors (Lipinski definition) is 2. The van der Waals surface area contributed by atoms with Gasteiger partial charge in [-0.25, -0.2) is 23.2 Å². The van der Waals surface area contributed by atoms with Crippen LogP contribution in [0, 0.1) is 5.41 Å². The lowest BCUT2D eigenvalue weighted by Crippen LogP contribution is -2.27. The highest BCUT2D eigenvalue weighted by Gasteiger charge is 2.35. The van der Waals surface area contributed by atoms with E-state index >= 15 is 0 Å². The summed E-state index contributed by atoms with van der Waals surface area (Å²) in [4.78, 5) is 25.2. The fourth-order valence-corrected chi connectivity index (χ4v) is 5.67. The highest BCUT2D eigenvalue weighted by molar-refractivity contribution is 7.92. The lowest BCUT2D eigenvalue weighted by atomic mass is 9.86. The minimum Gasteiger partial charge on any atom is -0.478 e. The third-order valence-corrected chi connectivity index (χ3v) is 7.48. The summed E-state index contributed by atoms with van der Waals surface area (Å²) < 4.78 is 26.0. The van der Waals surface area contributed by atoms with Crippen molar-refractivity contribution in [2.24, 2.45) is 15.5 Å². The third kappa shape index (κ3) is 5.35. The zero-order valence-electron chi connectivity index (χ0n) is 23.5. The number of carboxylic acid groups (broad SMARTS) is 1. The second-order valence-electron chi connectivity index (χ2n) is 11.4. The summed E-state index contributed by atoms with van der Waals surface area (Å²) in [6.07, 6.45) is 5.20. The Balaban J connectivity index is 1.65. The van der Waals surface area contributed by atoms with Gasteiger partial charge in [-0.1, -0.05) is 20.8 Å². The molecule has 2 N–H and O–H groups in total. The summed E-state index contributed by atoms with van der Waals surface area (Å²) in [5, 5.41) is 18.9. The van der Waals surface area contributed by atoms with Gasteiger partial charge in [0.05, 0.1) is 28.9 Å². The van der Waals surface area contributed by atoms with Gasteiger partial charge in [-0.05, 0) is 67.1 Å². The molecule has 0 fully saturated rings. The number of benzene rings is 2. The molecule has 0 radical (unpaired) electrons. The molecule has 0 amide bonds. The highest BCUT2D eigenvalue weighted by Crippen LogP contribution is 2.37. The predicted octanol–water partition coefficient (Wildman–Crippen LogP) is 4.34. The van der Waals surface area contributed by atoms with Crippen LogP contribution in [0.3, 0.4) is 0 Å². The van der Waals surface area contributed by atoms with Crippen molar-refractivity contribution in [3.63, 3.8) is 0 Å². The van der Waals surface area contributed by atoms with Crippen LogP contribution in [-0.4, -0.2) is 66.1 Å². The zero-order chi connectivity index (χ0) is 29.0. The summed E-state index contributed by atoms with van der Waals surface area (Å²) in [6, 6.07) is 8.31. The van der Waals surface area contributed by atoms with Crippen LogP contribution >= 0.6 is 0 Å². The van der Waals surface area contributed by atoms with Crippen molar-refractivity contribution in [2.75, 3.05) is 30.0 Å². The number of nitrogens with zero attached hydrogens (tertiary/aromatic N) is 6. The maximum Gasteiger partial charge on any atom is 0.335 e. The van der Waals surface area contributed by atoms with Gasteiger partial charge in [0.25, 0.3) is 0 Å². The van der Waals surface area contributed by atoms with Crippen LogP contribution in [0.15, 0.2) is 40.4 Å². The van der Waals surface area contributed by atoms with E-state index in [2.05, 4.69) is 55.7 Å². The third-order valence-electron chi connectivity index (χ3n) is 6.87. The Morgan fingerprint density at radius 2 is 1.80 bits per heavy atom. The molecule has 40 heavy (non-hydrogen) atoms. The SMILES string of the molecule is CN(C)c1ccc(/N=C2/C(C(C)(C)C)=Nn3nc(-c4cc(NS(C)(=O)=O)cc(C(=O)O)c4)nc32)c2c1CCCC2. The molecule has 0 saturated carbocycles. The molecule has 1 aliphatic carbocycles. The predicted molar refractivity (Wildman–Crippen MR) is 157 cm³/mol. The molecule has 1 aliphatic heterocycles. The quantitative estimate of drug-likeness (QED) is 0.454. The number of anilines is 2. The van der Waals surface area contributed by atoms with Crippen LogP contribution in [0.2, 0.25) is 0 Å². The van der Waals surface area contributed by atoms with E-state index in [-0.39, 0.29) is 22.5 Å². The molecule has 2 aliphatic rings. The van der Waals surface area contributed by atoms with E-state index in [1.165, 1.54) is 39.8 Å². The van der Waals surface area contributed by atoms with Crippen LogP contribution in [0.1, 0.15) is 60.9 Å². The summed E-state index contributed by atoms with van der Waals surface area (Å²) in [5.41, 5.74) is 6.01. The van der Waals surface area contributed by atoms with Gasteiger partial charge >= 0.3 is 5.97 Å². The summed E-state index contributed by atoms with van der Waals surface area (Å²) >= 11 is 0. The van der Waals surface area contributed by atoms with Crippen molar-refractivity contribution in [3.8, 4) is 11.4 Å². The molecule has 12 heteroatoms. The van der Waals surface area contributed by atoms with E-state index < -0.39 is 16.0 Å². The minimum atomic E-state index is -3.63. The second kappa shape index (κ2) is 9.84. The van der Waals surface area contributed by atoms with Crippen LogP contribution < -0.4 is 9.62 Å². The van der Waals surface area contributed by atoms with Crippen LogP contribution in [-0.2, 0) is 22.9 Å². The Kier molecular flexibility index (Phi) is 6.77. The molecular formula is C28H33N7O4S. The molecule has 210 valence electrons. The number of fused-ring (bicyclic) bond motifs is 2. The second-order valence-corrected chi connectivity index (χ2v) is 13.2. The number of carbonyl (C=O) groups is 1. The normalized spacial score (nSPS) is 15.9. The molecule has 11 nitrogen and oxygen atoms in total. The van der Waals surface area contributed by atoms with Gasteiger partial charge in [0, 0.05) is 30.8 Å². The van der Waals surface area contributed by atoms with Gasteiger partial charge in [0.15, 0.2) is 5.82 Å². The van der Waals surface area contributed by atoms with E-state index in [1.807, 2.05) is 6.07 Å². The fraction of sp³-hybridized carbons (Fsp3) is 0.393. The molecule has 2 heterocycles. The average Bonchev–Trinajstić information content (AvgIpc) is 3.42. The van der Waals surface area contributed by atoms with Gasteiger partial charge in [-0.2, -0.15) is 5.10 Å². The minimum absolute atomic E-state index is 0.0982. The molecule has 2 aromatic carbocycles. The molecule has 0 bridgehead atoms. The Morgan fingerprint density at radius 3 is 2.42 bits per heavy atom. The van der Waals surface area contributed by atoms with E-state index in [1.54, 1.807) is 0 Å². The first-order valence-corrected chi connectivity index (χ1v) is 14.9. The largest absolute Gasteiger partial charge is 0.478 e. The van der Waals surface area contributed by atoms with E-state index in [0.717, 1.165) is 43.3 Å². The topological polar surface area (TPSA) is 142 Å². The van der Waals surface area contributed by atoms with Crippen molar-refractivity contribution in [3.05, 3.63) is 52.8 Å². The first kappa shape index (κ1) is 27.5. The number of carboxylic acids is 1. The number of rotatable bonds is 6. The van der Waals surface area contributed by atoms with Crippen molar-refractivity contribution in [1.82, 2.24) is 14.9 Å². The first-order valence-electron chi connectivity index (χ1n) is 13.1. The van der Waals surface area contributed by atoms with Crippen molar-refractivity contribution < 1.29 is 18.3 Å². The number of hydrogen-bond acceptors (Lipinski definition) is 8. The molecule has 0 saturated heterocycles. The number of aromatic nitrogens is 3. The van der Waals surface area contributed by atoms with Gasteiger partial charge < -0.3 is 10.0 Å². The van der Waals surface area contributed by atoms with E-state index in [0.29, 0.717) is 17.1 Å². The Morgan fingerprint density at radius 1 is 1.10 bits per heavy atom. The number of aliphatic imine (C=N–C) groups is 1. The number of nitrogens with one attached hydrogen (secondary N) is 1. The molecule has 0 spiro atoms. The lowest BCUT2D eigenvalue weighted by Gasteiger charge is -2.25. The maximum absolute atomic E-state index is 11.8. The number of aromatic carboxylic acids is 1. The Labute approximate surface area is 233 Å². The van der Waals surface area contributed by atoms with Crippen molar-refractivity contribution in [1.29, 1.82) is 0 Å². The monoisotopic (exact) mass is 563 g/mol. The molecule has 5 rings (SSSR count). The Bertz CT molecular complexity index is 1700. The van der Waals surface area contributed by atoms with Gasteiger partial charge in [0.1, 0.15) is 5.71 Å². The smallest absolute Gasteiger partial charge is 0.335 e. The highest BCUT2D eigenvalue weighted by atomic mass is 32.2. The van der Waals surface area contributed by atoms with E-state index in [9.17, 15) is 18.3 Å². The van der Waals surface area contributed by atoms with Crippen molar-refractivity contribution in [2.45, 2.75) is 46.5 Å². The summed E-state index contributed by atoms with van der Waals surface area (Å²) in [6.45, 7) is 6.16. The number of sulfonamides is 1. The van der Waals surface area contributed by atoms with E-state index in [4.69, 9.17) is 15.1 Å². The molecule has 0 atom stereocenters. The average molecular weight is 564 g/mol. The van der Waals surface area contributed by atoms with Gasteiger partial charge in [-0.15, -0.1) is 9.89 Å².